The van der Waals surface area contributed by atoms with Gasteiger partial charge in [0.2, 0.25) is 0 Å². The van der Waals surface area contributed by atoms with Gasteiger partial charge in [-0.3, -0.25) is 9.69 Å². The average Bonchev–Trinajstić information content (AvgIpc) is 3.49. The van der Waals surface area contributed by atoms with Crippen LogP contribution in [0.1, 0.15) is 36.0 Å². The Morgan fingerprint density at radius 3 is 2.19 bits per heavy atom. The number of carboxylic acid groups (broad SMARTS) is 2. The molecule has 2 saturated heterocycles. The Labute approximate surface area is 187 Å². The third-order valence-corrected chi connectivity index (χ3v) is 6.72. The van der Waals surface area contributed by atoms with Crippen LogP contribution in [0.25, 0.3) is 0 Å². The van der Waals surface area contributed by atoms with E-state index in [1.54, 1.807) is 28.9 Å². The highest BCUT2D eigenvalue weighted by atomic mass is 32.1. The number of aliphatic carboxylic acids is 2. The van der Waals surface area contributed by atoms with Crippen molar-refractivity contribution in [3.63, 3.8) is 0 Å². The highest BCUT2D eigenvalue weighted by Crippen LogP contribution is 2.25. The molecule has 9 nitrogen and oxygen atoms in total. The molecule has 2 fully saturated rings. The molecule has 0 aliphatic carbocycles. The first-order valence-electron chi connectivity index (χ1n) is 10.0. The molecule has 31 heavy (non-hydrogen) atoms. The second-order valence-corrected chi connectivity index (χ2v) is 8.93. The molecule has 0 unspecified atom stereocenters. The van der Waals surface area contributed by atoms with E-state index in [0.717, 1.165) is 62.6 Å². The molecule has 2 aromatic heterocycles. The highest BCUT2D eigenvalue weighted by Gasteiger charge is 2.30. The number of thiazole rings is 1. The Hall–Kier alpha value is -2.50. The quantitative estimate of drug-likeness (QED) is 0.658. The molecule has 0 radical (unpaired) electrons. The number of hydrogen-bond donors (Lipinski definition) is 2. The van der Waals surface area contributed by atoms with Crippen LogP contribution in [-0.2, 0) is 9.59 Å². The number of amides is 1. The maximum atomic E-state index is 12.4. The fourth-order valence-corrected chi connectivity index (χ4v) is 4.95. The van der Waals surface area contributed by atoms with Gasteiger partial charge in [-0.1, -0.05) is 11.3 Å². The Bertz CT molecular complexity index is 830. The smallest absolute Gasteiger partial charge is 0.414 e. The summed E-state index contributed by atoms with van der Waals surface area (Å²) in [6.45, 7) is 3.90. The molecule has 11 heteroatoms. The summed E-state index contributed by atoms with van der Waals surface area (Å²) < 4.78 is 5.95. The summed E-state index contributed by atoms with van der Waals surface area (Å²) in [4.78, 5) is 39.4. The van der Waals surface area contributed by atoms with Crippen molar-refractivity contribution in [2.75, 3.05) is 26.2 Å². The maximum absolute atomic E-state index is 12.4. The Balaban J connectivity index is 0.000000401. The molecular weight excluding hydrogens is 442 g/mol. The van der Waals surface area contributed by atoms with Crippen molar-refractivity contribution in [1.29, 1.82) is 0 Å². The van der Waals surface area contributed by atoms with Gasteiger partial charge in [0.15, 0.2) is 0 Å². The third kappa shape index (κ3) is 6.74. The molecule has 2 aliphatic rings. The van der Waals surface area contributed by atoms with Crippen LogP contribution in [0.4, 0.5) is 0 Å². The van der Waals surface area contributed by atoms with Crippen LogP contribution in [0.2, 0.25) is 0 Å². The number of piperidine rings is 2. The van der Waals surface area contributed by atoms with Gasteiger partial charge in [0.25, 0.3) is 11.1 Å². The molecule has 1 amide bonds. The standard InChI is InChI=1S/C18H23N3O2S2.C2H2O4/c22-17(14-5-11-24-13-14)21-7-1-15(2-8-21)20-9-3-16(4-10-20)23-18-19-6-12-25-18;3-1(4)2(5)6/h5-6,11-13,15-16H,1-4,7-10H2;(H,3,4)(H,5,6). The molecule has 0 bridgehead atoms. The van der Waals surface area contributed by atoms with Gasteiger partial charge in [0.1, 0.15) is 6.10 Å². The fourth-order valence-electron chi connectivity index (χ4n) is 3.77. The van der Waals surface area contributed by atoms with E-state index in [2.05, 4.69) is 9.88 Å². The van der Waals surface area contributed by atoms with Gasteiger partial charge in [0, 0.05) is 49.2 Å². The molecule has 0 atom stereocenters. The zero-order chi connectivity index (χ0) is 22.2. The van der Waals surface area contributed by atoms with Gasteiger partial charge in [-0.05, 0) is 37.1 Å². The summed E-state index contributed by atoms with van der Waals surface area (Å²) in [5.74, 6) is -3.46. The number of carbonyl (C=O) groups excluding carboxylic acids is 1. The van der Waals surface area contributed by atoms with Crippen LogP contribution in [0, 0.1) is 0 Å². The van der Waals surface area contributed by atoms with E-state index in [4.69, 9.17) is 24.5 Å². The van der Waals surface area contributed by atoms with Crippen molar-refractivity contribution in [2.24, 2.45) is 0 Å². The van der Waals surface area contributed by atoms with Crippen molar-refractivity contribution in [3.05, 3.63) is 34.0 Å². The van der Waals surface area contributed by atoms with Crippen molar-refractivity contribution in [3.8, 4) is 5.19 Å². The molecule has 0 saturated carbocycles. The second-order valence-electron chi connectivity index (χ2n) is 7.30. The lowest BCUT2D eigenvalue weighted by atomic mass is 9.98. The van der Waals surface area contributed by atoms with Gasteiger partial charge in [-0.2, -0.15) is 11.3 Å². The number of hydrogen-bond acceptors (Lipinski definition) is 8. The highest BCUT2D eigenvalue weighted by molar-refractivity contribution is 7.11. The van der Waals surface area contributed by atoms with E-state index in [1.807, 2.05) is 27.1 Å². The summed E-state index contributed by atoms with van der Waals surface area (Å²) in [7, 11) is 0. The van der Waals surface area contributed by atoms with Crippen molar-refractivity contribution in [2.45, 2.75) is 37.8 Å². The van der Waals surface area contributed by atoms with Crippen molar-refractivity contribution < 1.29 is 29.3 Å². The lowest BCUT2D eigenvalue weighted by Crippen LogP contribution is -2.50. The van der Waals surface area contributed by atoms with Crippen molar-refractivity contribution in [1.82, 2.24) is 14.8 Å². The number of likely N-dealkylation sites (tertiary alicyclic amines) is 2. The molecular formula is C20H25N3O6S2. The van der Waals surface area contributed by atoms with Gasteiger partial charge >= 0.3 is 11.9 Å². The van der Waals surface area contributed by atoms with E-state index in [9.17, 15) is 4.79 Å². The Kier molecular flexibility index (Phi) is 8.38. The zero-order valence-corrected chi connectivity index (χ0v) is 18.5. The van der Waals surface area contributed by atoms with E-state index in [1.165, 1.54) is 0 Å². The number of ether oxygens (including phenoxy) is 1. The average molecular weight is 468 g/mol. The second kappa shape index (κ2) is 11.2. The fraction of sp³-hybridized carbons (Fsp3) is 0.500. The largest absolute Gasteiger partial charge is 0.473 e. The van der Waals surface area contributed by atoms with Gasteiger partial charge in [-0.15, -0.1) is 0 Å². The van der Waals surface area contributed by atoms with Crippen molar-refractivity contribution >= 4 is 40.5 Å². The zero-order valence-electron chi connectivity index (χ0n) is 16.9. The normalized spacial score (nSPS) is 18.1. The summed E-state index contributed by atoms with van der Waals surface area (Å²) in [6.07, 6.45) is 6.37. The maximum Gasteiger partial charge on any atom is 0.414 e. The van der Waals surface area contributed by atoms with Gasteiger partial charge < -0.3 is 19.8 Å². The molecule has 2 N–H and O–H groups in total. The lowest BCUT2D eigenvalue weighted by molar-refractivity contribution is -0.159. The monoisotopic (exact) mass is 467 g/mol. The number of aromatic nitrogens is 1. The van der Waals surface area contributed by atoms with Crippen LogP contribution >= 0.6 is 22.7 Å². The predicted octanol–water partition coefficient (Wildman–Crippen LogP) is 2.51. The molecule has 4 rings (SSSR count). The predicted molar refractivity (Wildman–Crippen MR) is 116 cm³/mol. The van der Waals surface area contributed by atoms with E-state index in [0.29, 0.717) is 12.1 Å². The number of thiophene rings is 1. The van der Waals surface area contributed by atoms with Gasteiger partial charge in [0.05, 0.1) is 5.56 Å². The first kappa shape index (κ1) is 23.2. The number of nitrogens with zero attached hydrogens (tertiary/aromatic N) is 3. The topological polar surface area (TPSA) is 120 Å². The van der Waals surface area contributed by atoms with Gasteiger partial charge in [-0.25, -0.2) is 14.6 Å². The van der Waals surface area contributed by atoms with Crippen LogP contribution < -0.4 is 4.74 Å². The first-order valence-corrected chi connectivity index (χ1v) is 11.8. The van der Waals surface area contributed by atoms with Crippen LogP contribution in [0.3, 0.4) is 0 Å². The molecule has 2 aliphatic heterocycles. The molecule has 0 aromatic carbocycles. The Morgan fingerprint density at radius 2 is 1.68 bits per heavy atom. The third-order valence-electron chi connectivity index (χ3n) is 5.37. The van der Waals surface area contributed by atoms with Crippen LogP contribution in [0.5, 0.6) is 5.19 Å². The van der Waals surface area contributed by atoms with E-state index >= 15 is 0 Å². The SMILES string of the molecule is O=C(O)C(=O)O.O=C(c1ccsc1)N1CCC(N2CCC(Oc3nccs3)CC2)CC1. The number of carboxylic acids is 2. The summed E-state index contributed by atoms with van der Waals surface area (Å²) >= 11 is 3.15. The summed E-state index contributed by atoms with van der Waals surface area (Å²) in [5, 5.41) is 21.4. The minimum atomic E-state index is -1.82. The van der Waals surface area contributed by atoms with E-state index in [-0.39, 0.29) is 5.91 Å². The summed E-state index contributed by atoms with van der Waals surface area (Å²) in [5.41, 5.74) is 0.837. The number of carbonyl (C=O) groups is 3. The van der Waals surface area contributed by atoms with Crippen LogP contribution in [0.15, 0.2) is 28.4 Å². The minimum Gasteiger partial charge on any atom is -0.473 e. The molecule has 0 spiro atoms. The first-order chi connectivity index (χ1) is 14.9. The minimum absolute atomic E-state index is 0.190. The molecule has 4 heterocycles. The number of rotatable bonds is 4. The molecule has 168 valence electrons. The lowest BCUT2D eigenvalue weighted by Gasteiger charge is -2.41. The molecule has 2 aromatic rings. The Morgan fingerprint density at radius 1 is 1.00 bits per heavy atom. The summed E-state index contributed by atoms with van der Waals surface area (Å²) in [6, 6.07) is 2.53. The van der Waals surface area contributed by atoms with E-state index < -0.39 is 11.9 Å². The van der Waals surface area contributed by atoms with Crippen LogP contribution in [-0.4, -0.2) is 81.2 Å².